The number of nitrogens with one attached hydrogen (secondary N) is 2. The first-order valence-electron chi connectivity index (χ1n) is 7.47. The second kappa shape index (κ2) is 5.42. The fourth-order valence-corrected chi connectivity index (χ4v) is 3.86. The Balaban J connectivity index is 1.62. The summed E-state index contributed by atoms with van der Waals surface area (Å²) in [6.07, 6.45) is 2.54. The Morgan fingerprint density at radius 3 is 3.14 bits per heavy atom. The number of fused-ring (bicyclic) bond motifs is 1. The molecule has 3 heterocycles. The molecule has 1 aromatic heterocycles. The zero-order valence-corrected chi connectivity index (χ0v) is 13.3. The smallest absolute Gasteiger partial charge is 0.245 e. The van der Waals surface area contributed by atoms with Gasteiger partial charge in [0.2, 0.25) is 5.95 Å². The standard InChI is InChI=1S/C15H18BrN5/c16-12-5-1-3-10(7-12)14-18-15(20-19-14)21-6-2-4-11-8-17-9-13(11)21/h1,3,5,7,11,13,17H,2,4,6,8-9H2,(H,18,19,20). The minimum absolute atomic E-state index is 0.546. The van der Waals surface area contributed by atoms with E-state index in [0.29, 0.717) is 6.04 Å². The predicted octanol–water partition coefficient (Wildman–Crippen LogP) is 2.42. The van der Waals surface area contributed by atoms with Gasteiger partial charge in [-0.15, -0.1) is 5.10 Å². The van der Waals surface area contributed by atoms with E-state index in [9.17, 15) is 0 Å². The number of hydrogen-bond acceptors (Lipinski definition) is 4. The Kier molecular flexibility index (Phi) is 3.43. The number of benzene rings is 1. The number of aromatic nitrogens is 3. The highest BCUT2D eigenvalue weighted by atomic mass is 79.9. The number of halogens is 1. The lowest BCUT2D eigenvalue weighted by Crippen LogP contribution is -2.45. The summed E-state index contributed by atoms with van der Waals surface area (Å²) in [5.74, 6) is 2.41. The van der Waals surface area contributed by atoms with Gasteiger partial charge in [-0.2, -0.15) is 4.98 Å². The molecule has 5 nitrogen and oxygen atoms in total. The molecule has 110 valence electrons. The fraction of sp³-hybridized carbons (Fsp3) is 0.467. The van der Waals surface area contributed by atoms with Crippen LogP contribution in [0.15, 0.2) is 28.7 Å². The zero-order valence-electron chi connectivity index (χ0n) is 11.7. The summed E-state index contributed by atoms with van der Waals surface area (Å²) in [6, 6.07) is 8.68. The van der Waals surface area contributed by atoms with Gasteiger partial charge in [-0.25, -0.2) is 0 Å². The Hall–Kier alpha value is -1.40. The van der Waals surface area contributed by atoms with Gasteiger partial charge in [0, 0.05) is 35.7 Å². The van der Waals surface area contributed by atoms with Gasteiger partial charge in [0.15, 0.2) is 5.82 Å². The quantitative estimate of drug-likeness (QED) is 0.875. The average Bonchev–Trinajstić information content (AvgIpc) is 3.16. The molecular formula is C15H18BrN5. The van der Waals surface area contributed by atoms with Crippen LogP contribution in [0.3, 0.4) is 0 Å². The molecule has 2 unspecified atom stereocenters. The van der Waals surface area contributed by atoms with Crippen molar-refractivity contribution in [2.45, 2.75) is 18.9 Å². The highest BCUT2D eigenvalue weighted by Gasteiger charge is 2.36. The van der Waals surface area contributed by atoms with Crippen LogP contribution in [0.25, 0.3) is 11.4 Å². The lowest BCUT2D eigenvalue weighted by atomic mass is 9.92. The first kappa shape index (κ1) is 13.3. The molecule has 0 radical (unpaired) electrons. The topological polar surface area (TPSA) is 56.8 Å². The van der Waals surface area contributed by atoms with Crippen molar-refractivity contribution in [2.24, 2.45) is 5.92 Å². The van der Waals surface area contributed by atoms with Gasteiger partial charge < -0.3 is 10.2 Å². The molecule has 0 bridgehead atoms. The molecule has 2 fully saturated rings. The normalized spacial score (nSPS) is 25.1. The van der Waals surface area contributed by atoms with E-state index in [1.807, 2.05) is 18.2 Å². The molecule has 0 saturated carbocycles. The number of H-pyrrole nitrogens is 1. The van der Waals surface area contributed by atoms with Crippen molar-refractivity contribution in [3.8, 4) is 11.4 Å². The molecule has 2 aliphatic heterocycles. The highest BCUT2D eigenvalue weighted by molar-refractivity contribution is 9.10. The van der Waals surface area contributed by atoms with Crippen LogP contribution in [-0.4, -0.2) is 40.9 Å². The summed E-state index contributed by atoms with van der Waals surface area (Å²) in [6.45, 7) is 3.23. The maximum Gasteiger partial charge on any atom is 0.245 e. The van der Waals surface area contributed by atoms with Gasteiger partial charge >= 0.3 is 0 Å². The second-order valence-electron chi connectivity index (χ2n) is 5.82. The number of piperidine rings is 1. The van der Waals surface area contributed by atoms with E-state index in [-0.39, 0.29) is 0 Å². The molecular weight excluding hydrogens is 330 g/mol. The third kappa shape index (κ3) is 2.46. The molecule has 0 aliphatic carbocycles. The monoisotopic (exact) mass is 347 g/mol. The van der Waals surface area contributed by atoms with Gasteiger partial charge in [-0.1, -0.05) is 28.1 Å². The summed E-state index contributed by atoms with van der Waals surface area (Å²) in [5, 5.41) is 11.0. The van der Waals surface area contributed by atoms with Gasteiger partial charge in [-0.3, -0.25) is 5.10 Å². The van der Waals surface area contributed by atoms with Crippen LogP contribution in [0.2, 0.25) is 0 Å². The van der Waals surface area contributed by atoms with E-state index >= 15 is 0 Å². The van der Waals surface area contributed by atoms with Crippen LogP contribution < -0.4 is 10.2 Å². The van der Waals surface area contributed by atoms with Crippen LogP contribution in [0.4, 0.5) is 5.95 Å². The average molecular weight is 348 g/mol. The van der Waals surface area contributed by atoms with Crippen LogP contribution in [0.5, 0.6) is 0 Å². The second-order valence-corrected chi connectivity index (χ2v) is 6.73. The van der Waals surface area contributed by atoms with Gasteiger partial charge in [0.1, 0.15) is 0 Å². The molecule has 2 N–H and O–H groups in total. The number of rotatable bonds is 2. The Bertz CT molecular complexity index is 640. The third-order valence-corrected chi connectivity index (χ3v) is 5.00. The van der Waals surface area contributed by atoms with Crippen molar-refractivity contribution in [1.29, 1.82) is 0 Å². The molecule has 1 aromatic carbocycles. The number of hydrogen-bond donors (Lipinski definition) is 2. The van der Waals surface area contributed by atoms with Crippen LogP contribution in [0.1, 0.15) is 12.8 Å². The summed E-state index contributed by atoms with van der Waals surface area (Å²) in [7, 11) is 0. The molecule has 4 rings (SSSR count). The fourth-order valence-electron chi connectivity index (χ4n) is 3.46. The van der Waals surface area contributed by atoms with Gasteiger partial charge in [0.25, 0.3) is 0 Å². The lowest BCUT2D eigenvalue weighted by molar-refractivity contribution is 0.381. The van der Waals surface area contributed by atoms with Crippen molar-refractivity contribution in [3.05, 3.63) is 28.7 Å². The highest BCUT2D eigenvalue weighted by Crippen LogP contribution is 2.30. The van der Waals surface area contributed by atoms with E-state index in [0.717, 1.165) is 47.4 Å². The van der Waals surface area contributed by atoms with Crippen LogP contribution in [0, 0.1) is 5.92 Å². The molecule has 2 aromatic rings. The molecule has 6 heteroatoms. The predicted molar refractivity (Wildman–Crippen MR) is 86.2 cm³/mol. The van der Waals surface area contributed by atoms with Crippen molar-refractivity contribution < 1.29 is 0 Å². The molecule has 2 atom stereocenters. The molecule has 2 aliphatic rings. The zero-order chi connectivity index (χ0) is 14.2. The SMILES string of the molecule is Brc1cccc(-c2nc(N3CCCC4CNCC43)n[nH]2)c1. The Morgan fingerprint density at radius 2 is 2.24 bits per heavy atom. The van der Waals surface area contributed by atoms with Crippen molar-refractivity contribution in [1.82, 2.24) is 20.5 Å². The van der Waals surface area contributed by atoms with E-state index in [1.54, 1.807) is 0 Å². The Labute approximate surface area is 132 Å². The molecule has 0 amide bonds. The largest absolute Gasteiger partial charge is 0.335 e. The molecule has 21 heavy (non-hydrogen) atoms. The summed E-state index contributed by atoms with van der Waals surface area (Å²) in [4.78, 5) is 7.08. The molecule has 0 spiro atoms. The maximum atomic E-state index is 4.72. The van der Waals surface area contributed by atoms with Crippen molar-refractivity contribution in [3.63, 3.8) is 0 Å². The van der Waals surface area contributed by atoms with E-state index in [4.69, 9.17) is 4.98 Å². The van der Waals surface area contributed by atoms with Crippen molar-refractivity contribution in [2.75, 3.05) is 24.5 Å². The van der Waals surface area contributed by atoms with Crippen LogP contribution >= 0.6 is 15.9 Å². The summed E-state index contributed by atoms with van der Waals surface area (Å²) < 4.78 is 1.05. The van der Waals surface area contributed by atoms with Crippen molar-refractivity contribution >= 4 is 21.9 Å². The third-order valence-electron chi connectivity index (χ3n) is 4.51. The van der Waals surface area contributed by atoms with E-state index in [2.05, 4.69) is 42.4 Å². The van der Waals surface area contributed by atoms with Crippen LogP contribution in [-0.2, 0) is 0 Å². The minimum Gasteiger partial charge on any atom is -0.335 e. The maximum absolute atomic E-state index is 4.72. The Morgan fingerprint density at radius 1 is 1.29 bits per heavy atom. The summed E-state index contributed by atoms with van der Waals surface area (Å²) >= 11 is 3.50. The molecule has 2 saturated heterocycles. The first-order valence-corrected chi connectivity index (χ1v) is 8.26. The van der Waals surface area contributed by atoms with Gasteiger partial charge in [0.05, 0.1) is 0 Å². The van der Waals surface area contributed by atoms with E-state index in [1.165, 1.54) is 12.8 Å². The first-order chi connectivity index (χ1) is 10.3. The van der Waals surface area contributed by atoms with Gasteiger partial charge in [-0.05, 0) is 30.9 Å². The van der Waals surface area contributed by atoms with E-state index < -0.39 is 0 Å². The number of nitrogens with zero attached hydrogens (tertiary/aromatic N) is 3. The number of anilines is 1. The summed E-state index contributed by atoms with van der Waals surface area (Å²) in [5.41, 5.74) is 1.06. The minimum atomic E-state index is 0.546. The lowest BCUT2D eigenvalue weighted by Gasteiger charge is -2.36. The number of aromatic amines is 1.